The van der Waals surface area contributed by atoms with Crippen LogP contribution in [0.15, 0.2) is 0 Å². The number of likely N-dealkylation sites (tertiary alicyclic amines) is 1. The van der Waals surface area contributed by atoms with Crippen molar-refractivity contribution in [2.24, 2.45) is 0 Å². The van der Waals surface area contributed by atoms with Crippen LogP contribution >= 0.6 is 0 Å². The minimum atomic E-state index is 0.234. The van der Waals surface area contributed by atoms with Gasteiger partial charge in [0.15, 0.2) is 0 Å². The molecule has 1 aliphatic rings. The molecule has 0 aromatic rings. The number of ketones is 1. The van der Waals surface area contributed by atoms with Crippen molar-refractivity contribution in [3.05, 3.63) is 0 Å². The van der Waals surface area contributed by atoms with E-state index in [2.05, 4.69) is 4.90 Å². The number of aliphatic hydroxyl groups excluding tert-OH is 1. The molecule has 13 heavy (non-hydrogen) atoms. The standard InChI is InChI=1S/C10H19NO2/c1-9(13)5-7-11-6-3-2-4-10(11)8-12/h10,12H,2-8H2,1H3. The van der Waals surface area contributed by atoms with E-state index < -0.39 is 0 Å². The molecule has 1 saturated heterocycles. The molecule has 3 nitrogen and oxygen atoms in total. The highest BCUT2D eigenvalue weighted by Crippen LogP contribution is 2.16. The molecule has 0 spiro atoms. The number of carbonyl (C=O) groups excluding carboxylic acids is 1. The molecule has 1 rings (SSSR count). The van der Waals surface area contributed by atoms with Crippen LogP contribution in [0.2, 0.25) is 0 Å². The Morgan fingerprint density at radius 2 is 2.31 bits per heavy atom. The lowest BCUT2D eigenvalue weighted by molar-refractivity contribution is -0.117. The Hall–Kier alpha value is -0.410. The summed E-state index contributed by atoms with van der Waals surface area (Å²) in [7, 11) is 0. The van der Waals surface area contributed by atoms with Gasteiger partial charge in [0, 0.05) is 19.0 Å². The van der Waals surface area contributed by atoms with E-state index in [1.165, 1.54) is 12.8 Å². The minimum absolute atomic E-state index is 0.234. The molecule has 1 fully saturated rings. The Morgan fingerprint density at radius 3 is 2.92 bits per heavy atom. The Balaban J connectivity index is 2.31. The number of carbonyl (C=O) groups is 1. The van der Waals surface area contributed by atoms with Crippen LogP contribution in [0.3, 0.4) is 0 Å². The average Bonchev–Trinajstić information content (AvgIpc) is 2.15. The molecule has 0 aromatic carbocycles. The van der Waals surface area contributed by atoms with Gasteiger partial charge in [-0.05, 0) is 26.3 Å². The Bertz CT molecular complexity index is 170. The van der Waals surface area contributed by atoms with Gasteiger partial charge < -0.3 is 5.11 Å². The number of hydrogen-bond donors (Lipinski definition) is 1. The van der Waals surface area contributed by atoms with E-state index in [0.717, 1.165) is 19.5 Å². The Morgan fingerprint density at radius 1 is 1.54 bits per heavy atom. The summed E-state index contributed by atoms with van der Waals surface area (Å²) in [4.78, 5) is 13.0. The van der Waals surface area contributed by atoms with Gasteiger partial charge in [0.25, 0.3) is 0 Å². The molecule has 0 aliphatic carbocycles. The van der Waals surface area contributed by atoms with Gasteiger partial charge in [-0.15, -0.1) is 0 Å². The van der Waals surface area contributed by atoms with Crippen molar-refractivity contribution in [3.8, 4) is 0 Å². The predicted octanol–water partition coefficient (Wildman–Crippen LogP) is 0.812. The summed E-state index contributed by atoms with van der Waals surface area (Å²) in [6.45, 7) is 3.72. The van der Waals surface area contributed by atoms with Crippen LogP contribution < -0.4 is 0 Å². The lowest BCUT2D eigenvalue weighted by atomic mass is 10.0. The van der Waals surface area contributed by atoms with E-state index in [1.807, 2.05) is 0 Å². The molecule has 1 heterocycles. The molecule has 0 aromatic heterocycles. The van der Waals surface area contributed by atoms with Crippen molar-refractivity contribution >= 4 is 5.78 Å². The number of hydrogen-bond acceptors (Lipinski definition) is 3. The second-order valence-electron chi connectivity index (χ2n) is 3.82. The van der Waals surface area contributed by atoms with Crippen LogP contribution in [-0.4, -0.2) is 41.5 Å². The summed E-state index contributed by atoms with van der Waals surface area (Å²) in [5.41, 5.74) is 0. The van der Waals surface area contributed by atoms with Crippen LogP contribution in [-0.2, 0) is 4.79 Å². The summed E-state index contributed by atoms with van der Waals surface area (Å²) < 4.78 is 0. The van der Waals surface area contributed by atoms with Crippen LogP contribution in [0.5, 0.6) is 0 Å². The van der Waals surface area contributed by atoms with E-state index in [0.29, 0.717) is 12.5 Å². The summed E-state index contributed by atoms with van der Waals surface area (Å²) in [5, 5.41) is 9.10. The highest BCUT2D eigenvalue weighted by atomic mass is 16.3. The molecule has 1 N–H and O–H groups in total. The van der Waals surface area contributed by atoms with Crippen LogP contribution in [0, 0.1) is 0 Å². The zero-order valence-corrected chi connectivity index (χ0v) is 8.33. The molecule has 0 saturated carbocycles. The first-order chi connectivity index (χ1) is 6.24. The van der Waals surface area contributed by atoms with E-state index in [-0.39, 0.29) is 12.4 Å². The van der Waals surface area contributed by atoms with E-state index in [4.69, 9.17) is 5.11 Å². The second kappa shape index (κ2) is 5.35. The van der Waals surface area contributed by atoms with Crippen molar-refractivity contribution in [3.63, 3.8) is 0 Å². The third kappa shape index (κ3) is 3.44. The van der Waals surface area contributed by atoms with Crippen molar-refractivity contribution in [2.45, 2.75) is 38.6 Å². The maximum Gasteiger partial charge on any atom is 0.131 e. The van der Waals surface area contributed by atoms with Crippen molar-refractivity contribution in [1.29, 1.82) is 0 Å². The van der Waals surface area contributed by atoms with Crippen LogP contribution in [0.25, 0.3) is 0 Å². The van der Waals surface area contributed by atoms with Gasteiger partial charge >= 0.3 is 0 Å². The first kappa shape index (κ1) is 10.7. The van der Waals surface area contributed by atoms with Gasteiger partial charge in [-0.1, -0.05) is 6.42 Å². The molecule has 0 bridgehead atoms. The molecule has 1 atom stereocenters. The smallest absolute Gasteiger partial charge is 0.131 e. The minimum Gasteiger partial charge on any atom is -0.395 e. The first-order valence-corrected chi connectivity index (χ1v) is 5.08. The van der Waals surface area contributed by atoms with Crippen molar-refractivity contribution < 1.29 is 9.90 Å². The van der Waals surface area contributed by atoms with E-state index >= 15 is 0 Å². The highest BCUT2D eigenvalue weighted by Gasteiger charge is 2.20. The fraction of sp³-hybridized carbons (Fsp3) is 0.900. The normalized spacial score (nSPS) is 24.6. The topological polar surface area (TPSA) is 40.5 Å². The third-order valence-electron chi connectivity index (χ3n) is 2.71. The van der Waals surface area contributed by atoms with Gasteiger partial charge in [0.2, 0.25) is 0 Å². The zero-order chi connectivity index (χ0) is 9.68. The van der Waals surface area contributed by atoms with Gasteiger partial charge in [0.05, 0.1) is 6.61 Å². The molecular formula is C10H19NO2. The molecule has 0 amide bonds. The largest absolute Gasteiger partial charge is 0.395 e. The summed E-state index contributed by atoms with van der Waals surface area (Å²) in [6.07, 6.45) is 4.11. The number of Topliss-reactive ketones (excluding diaryl/α,β-unsaturated/α-hetero) is 1. The van der Waals surface area contributed by atoms with Gasteiger partial charge in [-0.2, -0.15) is 0 Å². The predicted molar refractivity (Wildman–Crippen MR) is 51.6 cm³/mol. The highest BCUT2D eigenvalue weighted by molar-refractivity contribution is 5.75. The molecular weight excluding hydrogens is 166 g/mol. The number of piperidine rings is 1. The SMILES string of the molecule is CC(=O)CCN1CCCCC1CO. The third-order valence-corrected chi connectivity index (χ3v) is 2.71. The monoisotopic (exact) mass is 185 g/mol. The van der Waals surface area contributed by atoms with Gasteiger partial charge in [-0.25, -0.2) is 0 Å². The van der Waals surface area contributed by atoms with Crippen LogP contribution in [0.1, 0.15) is 32.6 Å². The fourth-order valence-electron chi connectivity index (χ4n) is 1.86. The zero-order valence-electron chi connectivity index (χ0n) is 8.33. The summed E-state index contributed by atoms with van der Waals surface area (Å²) in [5.74, 6) is 0.238. The van der Waals surface area contributed by atoms with E-state index in [9.17, 15) is 4.79 Å². The van der Waals surface area contributed by atoms with E-state index in [1.54, 1.807) is 6.92 Å². The Labute approximate surface area is 79.7 Å². The first-order valence-electron chi connectivity index (χ1n) is 5.08. The summed E-state index contributed by atoms with van der Waals surface area (Å²) >= 11 is 0. The number of nitrogens with zero attached hydrogens (tertiary/aromatic N) is 1. The van der Waals surface area contributed by atoms with Crippen LogP contribution in [0.4, 0.5) is 0 Å². The Kier molecular flexibility index (Phi) is 4.39. The van der Waals surface area contributed by atoms with Gasteiger partial charge in [0.1, 0.15) is 5.78 Å². The fourth-order valence-corrected chi connectivity index (χ4v) is 1.86. The number of aliphatic hydroxyl groups is 1. The number of rotatable bonds is 4. The summed E-state index contributed by atoms with van der Waals surface area (Å²) in [6, 6.07) is 0.299. The van der Waals surface area contributed by atoms with Gasteiger partial charge in [-0.3, -0.25) is 9.69 Å². The molecule has 0 radical (unpaired) electrons. The molecule has 1 unspecified atom stereocenters. The lowest BCUT2D eigenvalue weighted by Gasteiger charge is -2.34. The maximum absolute atomic E-state index is 10.8. The van der Waals surface area contributed by atoms with Crippen molar-refractivity contribution in [2.75, 3.05) is 19.7 Å². The molecule has 76 valence electrons. The molecule has 1 aliphatic heterocycles. The lowest BCUT2D eigenvalue weighted by Crippen LogP contribution is -2.42. The molecule has 3 heteroatoms. The maximum atomic E-state index is 10.8. The second-order valence-corrected chi connectivity index (χ2v) is 3.82. The average molecular weight is 185 g/mol. The quantitative estimate of drug-likeness (QED) is 0.704. The van der Waals surface area contributed by atoms with Crippen molar-refractivity contribution in [1.82, 2.24) is 4.90 Å².